The van der Waals surface area contributed by atoms with Gasteiger partial charge in [0, 0.05) is 44.6 Å². The van der Waals surface area contributed by atoms with Crippen LogP contribution in [0.15, 0.2) is 59.8 Å². The van der Waals surface area contributed by atoms with Crippen molar-refractivity contribution in [3.8, 4) is 0 Å². The molecule has 1 aromatic heterocycles. The normalized spacial score (nSPS) is 21.3. The first-order valence-electron chi connectivity index (χ1n) is 12.6. The summed E-state index contributed by atoms with van der Waals surface area (Å²) in [5, 5.41) is 5.19. The fourth-order valence-corrected chi connectivity index (χ4v) is 6.15. The number of hydrogen-bond donors (Lipinski definition) is 2. The number of hydroxylamine groups is 1. The summed E-state index contributed by atoms with van der Waals surface area (Å²) < 4.78 is 33.6. The second-order valence-corrected chi connectivity index (χ2v) is 11.3. The predicted molar refractivity (Wildman–Crippen MR) is 138 cm³/mol. The minimum Gasteiger partial charge on any atom is -0.351 e. The number of benzene rings is 2. The molecule has 2 aromatic carbocycles. The van der Waals surface area contributed by atoms with Gasteiger partial charge in [-0.05, 0) is 55.0 Å². The van der Waals surface area contributed by atoms with E-state index >= 15 is 0 Å². The molecule has 10 nitrogen and oxygen atoms in total. The van der Waals surface area contributed by atoms with E-state index in [4.69, 9.17) is 9.57 Å². The van der Waals surface area contributed by atoms with Crippen LogP contribution in [0.2, 0.25) is 0 Å². The van der Waals surface area contributed by atoms with Crippen LogP contribution < -0.4 is 10.8 Å². The van der Waals surface area contributed by atoms with E-state index in [9.17, 15) is 13.2 Å². The maximum absolute atomic E-state index is 13.3. The Hall–Kier alpha value is -3.12. The number of amides is 1. The van der Waals surface area contributed by atoms with Crippen LogP contribution >= 0.6 is 0 Å². The maximum Gasteiger partial charge on any atom is 0.278 e. The molecule has 2 saturated heterocycles. The fourth-order valence-electron chi connectivity index (χ4n) is 4.62. The van der Waals surface area contributed by atoms with Crippen molar-refractivity contribution in [3.63, 3.8) is 0 Å². The minimum atomic E-state index is -3.59. The van der Waals surface area contributed by atoms with Gasteiger partial charge in [-0.15, -0.1) is 0 Å². The Balaban J connectivity index is 1.15. The summed E-state index contributed by atoms with van der Waals surface area (Å²) >= 11 is 0. The average molecular weight is 526 g/mol. The third-order valence-corrected chi connectivity index (χ3v) is 8.61. The molecule has 2 aliphatic rings. The van der Waals surface area contributed by atoms with E-state index in [2.05, 4.69) is 20.8 Å². The molecule has 11 heteroatoms. The number of rotatable bonds is 7. The van der Waals surface area contributed by atoms with Gasteiger partial charge in [-0.1, -0.05) is 30.3 Å². The summed E-state index contributed by atoms with van der Waals surface area (Å²) in [4.78, 5) is 26.4. The lowest BCUT2D eigenvalue weighted by Crippen LogP contribution is -2.33. The Kier molecular flexibility index (Phi) is 7.94. The second-order valence-electron chi connectivity index (χ2n) is 9.33. The average Bonchev–Trinajstić information content (AvgIpc) is 3.18. The smallest absolute Gasteiger partial charge is 0.278 e. The van der Waals surface area contributed by atoms with Crippen molar-refractivity contribution >= 4 is 32.7 Å². The topological polar surface area (TPSA) is 123 Å². The lowest BCUT2D eigenvalue weighted by atomic mass is 10.1. The van der Waals surface area contributed by atoms with Crippen LogP contribution in [0.3, 0.4) is 0 Å². The first-order valence-corrected chi connectivity index (χ1v) is 14.1. The highest BCUT2D eigenvalue weighted by Crippen LogP contribution is 2.25. The molecule has 0 spiro atoms. The molecule has 0 aliphatic carbocycles. The van der Waals surface area contributed by atoms with Gasteiger partial charge in [0.2, 0.25) is 16.0 Å². The SMILES string of the molecule is O=C(NOC1CCCCO1)c1cnc(NC2CCCN(S(=O)(=O)c3ccc4ccccc4c3)CC2)nc1. The van der Waals surface area contributed by atoms with Crippen molar-refractivity contribution in [2.45, 2.75) is 55.8 Å². The Morgan fingerprint density at radius 1 is 0.973 bits per heavy atom. The number of nitrogens with zero attached hydrogens (tertiary/aromatic N) is 3. The standard InChI is InChI=1S/C26H31N5O5S/c32-25(30-36-24-9-3-4-15-35-24)21-17-27-26(28-18-21)29-22-8-5-13-31(14-12-22)37(33,34)23-11-10-19-6-1-2-7-20(19)16-23/h1-2,6-7,10-11,16-18,22,24H,3-5,8-9,12-15H2,(H,30,32)(H,27,28,29). The van der Waals surface area contributed by atoms with Gasteiger partial charge in [-0.3, -0.25) is 4.79 Å². The van der Waals surface area contributed by atoms with E-state index in [-0.39, 0.29) is 11.6 Å². The van der Waals surface area contributed by atoms with Crippen molar-refractivity contribution in [3.05, 3.63) is 60.4 Å². The Labute approximate surface area is 216 Å². The Morgan fingerprint density at radius 3 is 2.57 bits per heavy atom. The lowest BCUT2D eigenvalue weighted by Gasteiger charge is -2.22. The van der Waals surface area contributed by atoms with Gasteiger partial charge in [0.1, 0.15) is 0 Å². The van der Waals surface area contributed by atoms with E-state index < -0.39 is 22.2 Å². The van der Waals surface area contributed by atoms with Crippen molar-refractivity contribution in [2.75, 3.05) is 25.0 Å². The van der Waals surface area contributed by atoms with Crippen LogP contribution in [0.5, 0.6) is 0 Å². The number of nitrogens with one attached hydrogen (secondary N) is 2. The molecule has 0 saturated carbocycles. The van der Waals surface area contributed by atoms with Crippen LogP contribution in [0.1, 0.15) is 48.9 Å². The molecule has 3 aromatic rings. The van der Waals surface area contributed by atoms with Gasteiger partial charge in [-0.25, -0.2) is 28.7 Å². The molecule has 2 fully saturated rings. The van der Waals surface area contributed by atoms with Gasteiger partial charge < -0.3 is 10.1 Å². The summed E-state index contributed by atoms with van der Waals surface area (Å²) in [6, 6.07) is 13.0. The first-order chi connectivity index (χ1) is 18.0. The number of ether oxygens (including phenoxy) is 1. The van der Waals surface area contributed by atoms with Crippen molar-refractivity contribution in [2.24, 2.45) is 0 Å². The molecular formula is C26H31N5O5S. The number of anilines is 1. The van der Waals surface area contributed by atoms with Crippen LogP contribution in [0.4, 0.5) is 5.95 Å². The van der Waals surface area contributed by atoms with E-state index in [1.807, 2.05) is 30.3 Å². The van der Waals surface area contributed by atoms with Gasteiger partial charge in [0.25, 0.3) is 5.91 Å². The third kappa shape index (κ3) is 6.24. The zero-order valence-corrected chi connectivity index (χ0v) is 21.3. The molecule has 3 heterocycles. The zero-order valence-electron chi connectivity index (χ0n) is 20.5. The summed E-state index contributed by atoms with van der Waals surface area (Å²) in [7, 11) is -3.59. The van der Waals surface area contributed by atoms with E-state index in [1.165, 1.54) is 12.4 Å². The number of carbonyl (C=O) groups excluding carboxylic acids is 1. The second kappa shape index (κ2) is 11.5. The van der Waals surface area contributed by atoms with Gasteiger partial charge in [0.05, 0.1) is 10.5 Å². The number of carbonyl (C=O) groups is 1. The third-order valence-electron chi connectivity index (χ3n) is 6.71. The largest absolute Gasteiger partial charge is 0.351 e. The van der Waals surface area contributed by atoms with Crippen LogP contribution in [0, 0.1) is 0 Å². The van der Waals surface area contributed by atoms with Crippen molar-refractivity contribution < 1.29 is 22.8 Å². The molecule has 37 heavy (non-hydrogen) atoms. The Morgan fingerprint density at radius 2 is 1.78 bits per heavy atom. The number of fused-ring (bicyclic) bond motifs is 1. The van der Waals surface area contributed by atoms with Crippen molar-refractivity contribution in [1.29, 1.82) is 0 Å². The Bertz CT molecular complexity index is 1330. The molecule has 2 N–H and O–H groups in total. The van der Waals surface area contributed by atoms with E-state index in [0.29, 0.717) is 43.4 Å². The predicted octanol–water partition coefficient (Wildman–Crippen LogP) is 3.47. The summed E-state index contributed by atoms with van der Waals surface area (Å²) in [5.74, 6) is -0.0475. The van der Waals surface area contributed by atoms with E-state index in [0.717, 1.165) is 36.5 Å². The molecule has 2 aliphatic heterocycles. The van der Waals surface area contributed by atoms with Crippen molar-refractivity contribution in [1.82, 2.24) is 19.8 Å². The molecule has 2 atom stereocenters. The number of hydrogen-bond acceptors (Lipinski definition) is 8. The van der Waals surface area contributed by atoms with Gasteiger partial charge >= 0.3 is 0 Å². The number of aromatic nitrogens is 2. The highest BCUT2D eigenvalue weighted by molar-refractivity contribution is 7.89. The highest BCUT2D eigenvalue weighted by atomic mass is 32.2. The number of sulfonamides is 1. The van der Waals surface area contributed by atoms with Crippen LogP contribution in [-0.4, -0.2) is 60.6 Å². The molecule has 2 unspecified atom stereocenters. The molecule has 0 bridgehead atoms. The summed E-state index contributed by atoms with van der Waals surface area (Å²) in [6.07, 6.45) is 7.28. The maximum atomic E-state index is 13.3. The van der Waals surface area contributed by atoms with Crippen LogP contribution in [0.25, 0.3) is 10.8 Å². The molecule has 0 radical (unpaired) electrons. The molecular weight excluding hydrogens is 494 g/mol. The van der Waals surface area contributed by atoms with Gasteiger partial charge in [-0.2, -0.15) is 4.31 Å². The fraction of sp³-hybridized carbons (Fsp3) is 0.423. The summed E-state index contributed by atoms with van der Waals surface area (Å²) in [5.41, 5.74) is 2.67. The molecule has 1 amide bonds. The highest BCUT2D eigenvalue weighted by Gasteiger charge is 2.28. The van der Waals surface area contributed by atoms with Crippen LogP contribution in [-0.2, 0) is 19.6 Å². The lowest BCUT2D eigenvalue weighted by molar-refractivity contribution is -0.186. The minimum absolute atomic E-state index is 0.0169. The van der Waals surface area contributed by atoms with Gasteiger partial charge in [0.15, 0.2) is 6.29 Å². The zero-order chi connectivity index (χ0) is 25.7. The van der Waals surface area contributed by atoms with E-state index in [1.54, 1.807) is 16.4 Å². The molecule has 196 valence electrons. The molecule has 5 rings (SSSR count). The summed E-state index contributed by atoms with van der Waals surface area (Å²) in [6.45, 7) is 1.48. The first kappa shape index (κ1) is 25.5. The monoisotopic (exact) mass is 525 g/mol. The quantitative estimate of drug-likeness (QED) is 0.450.